The van der Waals surface area contributed by atoms with Gasteiger partial charge in [-0.2, -0.15) is 0 Å². The standard InChI is InChI=1S/C18H33NO2S/c1-13(2)22(20,21)6-4-5-19-14(3)18-10-15-7-16(11-18)9-17(8-15)12-18/h13-17,19H,4-12H2,1-3H3. The lowest BCUT2D eigenvalue weighted by Gasteiger charge is -2.59. The first kappa shape index (κ1) is 16.8. The molecule has 0 radical (unpaired) electrons. The van der Waals surface area contributed by atoms with Crippen LogP contribution in [0.2, 0.25) is 0 Å². The first-order valence-corrected chi connectivity index (χ1v) is 11.0. The summed E-state index contributed by atoms with van der Waals surface area (Å²) in [5.41, 5.74) is 0.520. The molecule has 0 aliphatic heterocycles. The second-order valence-electron chi connectivity index (χ2n) is 8.73. The zero-order valence-electron chi connectivity index (χ0n) is 14.5. The minimum atomic E-state index is -2.88. The fraction of sp³-hybridized carbons (Fsp3) is 1.00. The Morgan fingerprint density at radius 3 is 1.95 bits per heavy atom. The van der Waals surface area contributed by atoms with E-state index in [1.165, 1.54) is 38.5 Å². The van der Waals surface area contributed by atoms with Gasteiger partial charge in [-0.1, -0.05) is 0 Å². The molecule has 0 amide bonds. The molecule has 0 aromatic carbocycles. The Morgan fingerprint density at radius 2 is 1.50 bits per heavy atom. The summed E-state index contributed by atoms with van der Waals surface area (Å²) in [4.78, 5) is 0. The first-order chi connectivity index (χ1) is 10.3. The normalized spacial score (nSPS) is 38.6. The molecule has 4 rings (SSSR count). The summed E-state index contributed by atoms with van der Waals surface area (Å²) >= 11 is 0. The average Bonchev–Trinajstić information content (AvgIpc) is 2.41. The summed E-state index contributed by atoms with van der Waals surface area (Å²) in [6.07, 6.45) is 9.44. The van der Waals surface area contributed by atoms with Crippen LogP contribution in [-0.4, -0.2) is 32.0 Å². The van der Waals surface area contributed by atoms with Crippen LogP contribution in [0.5, 0.6) is 0 Å². The fourth-order valence-corrected chi connectivity index (χ4v) is 6.77. The van der Waals surface area contributed by atoms with E-state index in [1.807, 2.05) is 0 Å². The van der Waals surface area contributed by atoms with Crippen molar-refractivity contribution in [1.29, 1.82) is 0 Å². The number of nitrogens with one attached hydrogen (secondary N) is 1. The average molecular weight is 328 g/mol. The highest BCUT2D eigenvalue weighted by molar-refractivity contribution is 7.91. The van der Waals surface area contributed by atoms with Gasteiger partial charge in [0.2, 0.25) is 0 Å². The van der Waals surface area contributed by atoms with Crippen molar-refractivity contribution in [2.24, 2.45) is 23.2 Å². The monoisotopic (exact) mass is 327 g/mol. The van der Waals surface area contributed by atoms with Crippen LogP contribution in [0.25, 0.3) is 0 Å². The Bertz CT molecular complexity index is 462. The third kappa shape index (κ3) is 3.24. The van der Waals surface area contributed by atoms with Gasteiger partial charge in [0.25, 0.3) is 0 Å². The van der Waals surface area contributed by atoms with Crippen LogP contribution < -0.4 is 5.32 Å². The van der Waals surface area contributed by atoms with E-state index in [-0.39, 0.29) is 5.25 Å². The molecule has 1 unspecified atom stereocenters. The van der Waals surface area contributed by atoms with Crippen LogP contribution in [0.1, 0.15) is 65.7 Å². The predicted molar refractivity (Wildman–Crippen MR) is 91.6 cm³/mol. The lowest BCUT2D eigenvalue weighted by molar-refractivity contribution is -0.0702. The molecule has 4 bridgehead atoms. The van der Waals surface area contributed by atoms with E-state index in [4.69, 9.17) is 0 Å². The highest BCUT2D eigenvalue weighted by atomic mass is 32.2. The summed E-state index contributed by atoms with van der Waals surface area (Å²) in [6, 6.07) is 0.544. The number of rotatable bonds is 7. The Hall–Kier alpha value is -0.0900. The third-order valence-electron chi connectivity index (χ3n) is 6.78. The highest BCUT2D eigenvalue weighted by Gasteiger charge is 2.52. The van der Waals surface area contributed by atoms with E-state index < -0.39 is 9.84 Å². The number of hydrogen-bond acceptors (Lipinski definition) is 3. The molecular formula is C18H33NO2S. The van der Waals surface area contributed by atoms with Gasteiger partial charge in [-0.05, 0) is 95.4 Å². The molecule has 0 saturated heterocycles. The Labute approximate surface area is 136 Å². The zero-order valence-corrected chi connectivity index (χ0v) is 15.3. The topological polar surface area (TPSA) is 46.2 Å². The molecule has 0 spiro atoms. The Balaban J connectivity index is 1.49. The van der Waals surface area contributed by atoms with E-state index in [2.05, 4.69) is 12.2 Å². The van der Waals surface area contributed by atoms with Crippen LogP contribution in [-0.2, 0) is 9.84 Å². The predicted octanol–water partition coefficient (Wildman–Crippen LogP) is 3.39. The molecule has 1 N–H and O–H groups in total. The van der Waals surface area contributed by atoms with Gasteiger partial charge in [0.15, 0.2) is 9.84 Å². The fourth-order valence-electron chi connectivity index (χ4n) is 5.75. The van der Waals surface area contributed by atoms with E-state index in [0.29, 0.717) is 17.2 Å². The van der Waals surface area contributed by atoms with Crippen molar-refractivity contribution in [1.82, 2.24) is 5.32 Å². The van der Waals surface area contributed by atoms with Crippen LogP contribution in [0.15, 0.2) is 0 Å². The minimum Gasteiger partial charge on any atom is -0.314 e. The highest BCUT2D eigenvalue weighted by Crippen LogP contribution is 2.61. The molecule has 0 aromatic rings. The second kappa shape index (κ2) is 6.08. The van der Waals surface area contributed by atoms with Gasteiger partial charge in [0, 0.05) is 6.04 Å². The number of sulfone groups is 1. The SMILES string of the molecule is CC(NCCCS(=O)(=O)C(C)C)C12CC3CC(CC(C3)C1)C2. The van der Waals surface area contributed by atoms with Crippen LogP contribution in [0, 0.1) is 23.2 Å². The largest absolute Gasteiger partial charge is 0.314 e. The molecule has 128 valence electrons. The Morgan fingerprint density at radius 1 is 1.00 bits per heavy atom. The number of hydrogen-bond donors (Lipinski definition) is 1. The first-order valence-electron chi connectivity index (χ1n) is 9.26. The molecule has 22 heavy (non-hydrogen) atoms. The van der Waals surface area contributed by atoms with Crippen molar-refractivity contribution in [2.75, 3.05) is 12.3 Å². The van der Waals surface area contributed by atoms with Gasteiger partial charge in [-0.25, -0.2) is 8.42 Å². The van der Waals surface area contributed by atoms with Crippen molar-refractivity contribution >= 4 is 9.84 Å². The van der Waals surface area contributed by atoms with Gasteiger partial charge >= 0.3 is 0 Å². The van der Waals surface area contributed by atoms with E-state index in [0.717, 1.165) is 30.7 Å². The molecule has 0 aromatic heterocycles. The maximum absolute atomic E-state index is 11.9. The molecule has 4 aliphatic rings. The summed E-state index contributed by atoms with van der Waals surface area (Å²) in [5, 5.41) is 3.44. The van der Waals surface area contributed by atoms with Gasteiger partial charge in [-0.3, -0.25) is 0 Å². The van der Waals surface area contributed by atoms with Gasteiger partial charge in [0.05, 0.1) is 11.0 Å². The molecule has 4 aliphatic carbocycles. The van der Waals surface area contributed by atoms with Crippen molar-refractivity contribution in [3.05, 3.63) is 0 Å². The lowest BCUT2D eigenvalue weighted by atomic mass is 9.48. The van der Waals surface area contributed by atoms with Crippen LogP contribution in [0.4, 0.5) is 0 Å². The smallest absolute Gasteiger partial charge is 0.152 e. The molecular weight excluding hydrogens is 294 g/mol. The lowest BCUT2D eigenvalue weighted by Crippen LogP contribution is -2.55. The van der Waals surface area contributed by atoms with Crippen LogP contribution >= 0.6 is 0 Å². The molecule has 4 fully saturated rings. The minimum absolute atomic E-state index is 0.243. The van der Waals surface area contributed by atoms with Gasteiger partial charge in [-0.15, -0.1) is 0 Å². The van der Waals surface area contributed by atoms with E-state index in [1.54, 1.807) is 13.8 Å². The summed E-state index contributed by atoms with van der Waals surface area (Å²) in [5.74, 6) is 3.27. The Kier molecular flexibility index (Phi) is 4.63. The van der Waals surface area contributed by atoms with Crippen LogP contribution in [0.3, 0.4) is 0 Å². The molecule has 4 saturated carbocycles. The van der Waals surface area contributed by atoms with Crippen molar-refractivity contribution < 1.29 is 8.42 Å². The second-order valence-corrected chi connectivity index (χ2v) is 11.4. The van der Waals surface area contributed by atoms with Gasteiger partial charge in [0.1, 0.15) is 0 Å². The molecule has 4 heteroatoms. The van der Waals surface area contributed by atoms with E-state index in [9.17, 15) is 8.42 Å². The van der Waals surface area contributed by atoms with Crippen molar-refractivity contribution in [2.45, 2.75) is 77.0 Å². The molecule has 1 atom stereocenters. The quantitative estimate of drug-likeness (QED) is 0.729. The maximum atomic E-state index is 11.9. The summed E-state index contributed by atoms with van der Waals surface area (Å²) in [6.45, 7) is 6.75. The maximum Gasteiger partial charge on any atom is 0.152 e. The summed E-state index contributed by atoms with van der Waals surface area (Å²) < 4.78 is 23.7. The molecule has 3 nitrogen and oxygen atoms in total. The molecule has 0 heterocycles. The summed E-state index contributed by atoms with van der Waals surface area (Å²) in [7, 11) is -2.88. The van der Waals surface area contributed by atoms with Crippen molar-refractivity contribution in [3.8, 4) is 0 Å². The van der Waals surface area contributed by atoms with Gasteiger partial charge < -0.3 is 5.32 Å². The zero-order chi connectivity index (χ0) is 16.0. The third-order valence-corrected chi connectivity index (χ3v) is 9.07. The van der Waals surface area contributed by atoms with Crippen molar-refractivity contribution in [3.63, 3.8) is 0 Å². The van der Waals surface area contributed by atoms with E-state index >= 15 is 0 Å².